The summed E-state index contributed by atoms with van der Waals surface area (Å²) in [6.45, 7) is 0. The number of rotatable bonds is 2. The van der Waals surface area contributed by atoms with Crippen LogP contribution in [0.4, 0.5) is 0 Å². The van der Waals surface area contributed by atoms with Crippen molar-refractivity contribution in [2.24, 2.45) is 0 Å². The van der Waals surface area contributed by atoms with Crippen LogP contribution in [-0.4, -0.2) is 26.4 Å². The van der Waals surface area contributed by atoms with Gasteiger partial charge >= 0.3 is 0 Å². The molecular weight excluding hydrogens is 232 g/mol. The van der Waals surface area contributed by atoms with Crippen LogP contribution in [0.3, 0.4) is 0 Å². The van der Waals surface area contributed by atoms with Crippen LogP contribution in [0.1, 0.15) is 25.7 Å². The number of aromatic nitrogens is 2. The lowest BCUT2D eigenvalue weighted by molar-refractivity contribution is 0.137. The van der Waals surface area contributed by atoms with Crippen molar-refractivity contribution in [3.63, 3.8) is 0 Å². The quantitative estimate of drug-likeness (QED) is 0.859. The molecule has 1 aliphatic carbocycles. The molecule has 2 aromatic rings. The Morgan fingerprint density at radius 2 is 2.06 bits per heavy atom. The molecule has 3 nitrogen and oxygen atoms in total. The van der Waals surface area contributed by atoms with E-state index in [9.17, 15) is 5.11 Å². The lowest BCUT2D eigenvalue weighted by Crippen LogP contribution is -2.26. The van der Waals surface area contributed by atoms with Gasteiger partial charge in [0.2, 0.25) is 0 Å². The first kappa shape index (κ1) is 11.1. The van der Waals surface area contributed by atoms with Gasteiger partial charge in [-0.3, -0.25) is 0 Å². The Labute approximate surface area is 105 Å². The van der Waals surface area contributed by atoms with Crippen molar-refractivity contribution in [2.45, 2.75) is 42.2 Å². The van der Waals surface area contributed by atoms with Crippen molar-refractivity contribution in [2.75, 3.05) is 0 Å². The molecule has 1 aliphatic rings. The molecule has 1 saturated carbocycles. The van der Waals surface area contributed by atoms with E-state index >= 15 is 0 Å². The number of aromatic amines is 1. The average molecular weight is 248 g/mol. The first-order chi connectivity index (χ1) is 8.33. The number of nitrogens with one attached hydrogen (secondary N) is 1. The van der Waals surface area contributed by atoms with Gasteiger partial charge in [0.1, 0.15) is 0 Å². The van der Waals surface area contributed by atoms with Crippen LogP contribution in [0.15, 0.2) is 29.4 Å². The maximum atomic E-state index is 9.94. The summed E-state index contributed by atoms with van der Waals surface area (Å²) >= 11 is 1.68. The van der Waals surface area contributed by atoms with Gasteiger partial charge in [-0.25, -0.2) is 4.98 Å². The maximum Gasteiger partial charge on any atom is 0.166 e. The number of thioether (sulfide) groups is 1. The highest BCUT2D eigenvalue weighted by Gasteiger charge is 2.24. The van der Waals surface area contributed by atoms with E-state index in [1.807, 2.05) is 24.3 Å². The summed E-state index contributed by atoms with van der Waals surface area (Å²) in [5.41, 5.74) is 2.07. The summed E-state index contributed by atoms with van der Waals surface area (Å²) in [5.74, 6) is 0. The van der Waals surface area contributed by atoms with Gasteiger partial charge in [-0.15, -0.1) is 0 Å². The van der Waals surface area contributed by atoms with Crippen LogP contribution >= 0.6 is 11.8 Å². The topological polar surface area (TPSA) is 48.9 Å². The molecule has 2 N–H and O–H groups in total. The second-order valence-electron chi connectivity index (χ2n) is 4.57. The number of hydrogen-bond acceptors (Lipinski definition) is 3. The van der Waals surface area contributed by atoms with Crippen molar-refractivity contribution in [1.29, 1.82) is 0 Å². The SMILES string of the molecule is OC1CCCCC1Sc1nc2ccccc2[nH]1. The van der Waals surface area contributed by atoms with Crippen LogP contribution < -0.4 is 0 Å². The minimum Gasteiger partial charge on any atom is -0.392 e. The number of aliphatic hydroxyl groups is 1. The molecule has 1 aromatic heterocycles. The number of benzene rings is 1. The minimum atomic E-state index is -0.179. The summed E-state index contributed by atoms with van der Waals surface area (Å²) < 4.78 is 0. The summed E-state index contributed by atoms with van der Waals surface area (Å²) in [7, 11) is 0. The summed E-state index contributed by atoms with van der Waals surface area (Å²) in [5, 5.41) is 11.2. The molecule has 1 aromatic carbocycles. The maximum absolute atomic E-state index is 9.94. The van der Waals surface area contributed by atoms with Crippen LogP contribution in [-0.2, 0) is 0 Å². The highest BCUT2D eigenvalue weighted by atomic mass is 32.2. The van der Waals surface area contributed by atoms with E-state index in [2.05, 4.69) is 9.97 Å². The Morgan fingerprint density at radius 3 is 2.88 bits per heavy atom. The Balaban J connectivity index is 1.79. The third-order valence-corrected chi connectivity index (χ3v) is 4.57. The van der Waals surface area contributed by atoms with E-state index < -0.39 is 0 Å². The standard InChI is InChI=1S/C13H16N2OS/c16-11-7-3-4-8-12(11)17-13-14-9-5-1-2-6-10(9)15-13/h1-2,5-6,11-12,16H,3-4,7-8H2,(H,14,15). The number of nitrogens with zero attached hydrogens (tertiary/aromatic N) is 1. The van der Waals surface area contributed by atoms with Gasteiger partial charge in [-0.2, -0.15) is 0 Å². The normalized spacial score (nSPS) is 25.2. The largest absolute Gasteiger partial charge is 0.392 e. The van der Waals surface area contributed by atoms with E-state index in [1.54, 1.807) is 11.8 Å². The zero-order chi connectivity index (χ0) is 11.7. The molecule has 1 fully saturated rings. The van der Waals surface area contributed by atoms with Gasteiger partial charge in [0.05, 0.1) is 17.1 Å². The Hall–Kier alpha value is -1.00. The zero-order valence-electron chi connectivity index (χ0n) is 9.60. The summed E-state index contributed by atoms with van der Waals surface area (Å²) in [6, 6.07) is 8.04. The molecule has 4 heteroatoms. The van der Waals surface area contributed by atoms with Gasteiger partial charge in [0, 0.05) is 5.25 Å². The fourth-order valence-corrected chi connectivity index (χ4v) is 3.53. The number of imidazole rings is 1. The number of fused-ring (bicyclic) bond motifs is 1. The molecule has 0 saturated heterocycles. The fraction of sp³-hybridized carbons (Fsp3) is 0.462. The molecule has 2 unspecified atom stereocenters. The molecular formula is C13H16N2OS. The number of aliphatic hydroxyl groups excluding tert-OH is 1. The molecule has 0 amide bonds. The third kappa shape index (κ3) is 2.33. The number of hydrogen-bond donors (Lipinski definition) is 2. The van der Waals surface area contributed by atoms with Gasteiger partial charge in [-0.05, 0) is 25.0 Å². The molecule has 0 spiro atoms. The van der Waals surface area contributed by atoms with Crippen LogP contribution in [0.5, 0.6) is 0 Å². The van der Waals surface area contributed by atoms with E-state index in [1.165, 1.54) is 6.42 Å². The lowest BCUT2D eigenvalue weighted by Gasteiger charge is -2.25. The number of H-pyrrole nitrogens is 1. The Kier molecular flexibility index (Phi) is 3.07. The van der Waals surface area contributed by atoms with Gasteiger partial charge in [0.25, 0.3) is 0 Å². The van der Waals surface area contributed by atoms with E-state index in [0.29, 0.717) is 5.25 Å². The van der Waals surface area contributed by atoms with Crippen LogP contribution in [0, 0.1) is 0 Å². The van der Waals surface area contributed by atoms with E-state index in [-0.39, 0.29) is 6.10 Å². The second-order valence-corrected chi connectivity index (χ2v) is 5.80. The third-order valence-electron chi connectivity index (χ3n) is 3.30. The smallest absolute Gasteiger partial charge is 0.166 e. The molecule has 1 heterocycles. The van der Waals surface area contributed by atoms with E-state index in [4.69, 9.17) is 0 Å². The van der Waals surface area contributed by atoms with Crippen LogP contribution in [0.25, 0.3) is 11.0 Å². The predicted molar refractivity (Wildman–Crippen MR) is 70.2 cm³/mol. The first-order valence-electron chi connectivity index (χ1n) is 6.12. The minimum absolute atomic E-state index is 0.179. The molecule has 90 valence electrons. The fourth-order valence-electron chi connectivity index (χ4n) is 2.34. The lowest BCUT2D eigenvalue weighted by atomic mass is 9.97. The van der Waals surface area contributed by atoms with E-state index in [0.717, 1.165) is 35.5 Å². The average Bonchev–Trinajstić information content (AvgIpc) is 2.74. The van der Waals surface area contributed by atoms with Crippen molar-refractivity contribution in [3.8, 4) is 0 Å². The molecule has 0 radical (unpaired) electrons. The van der Waals surface area contributed by atoms with Crippen molar-refractivity contribution >= 4 is 22.8 Å². The predicted octanol–water partition coefficient (Wildman–Crippen LogP) is 2.96. The highest BCUT2D eigenvalue weighted by Crippen LogP contribution is 2.33. The molecule has 3 rings (SSSR count). The Morgan fingerprint density at radius 1 is 1.24 bits per heavy atom. The van der Waals surface area contributed by atoms with Gasteiger partial charge in [0.15, 0.2) is 5.16 Å². The highest BCUT2D eigenvalue weighted by molar-refractivity contribution is 7.99. The molecule has 0 bridgehead atoms. The van der Waals surface area contributed by atoms with Gasteiger partial charge in [-0.1, -0.05) is 36.7 Å². The first-order valence-corrected chi connectivity index (χ1v) is 7.00. The molecule has 2 atom stereocenters. The zero-order valence-corrected chi connectivity index (χ0v) is 10.4. The second kappa shape index (κ2) is 4.70. The molecule has 17 heavy (non-hydrogen) atoms. The Bertz CT molecular complexity index is 478. The molecule has 0 aliphatic heterocycles. The number of para-hydroxylation sites is 2. The van der Waals surface area contributed by atoms with Crippen molar-refractivity contribution < 1.29 is 5.11 Å². The monoisotopic (exact) mass is 248 g/mol. The van der Waals surface area contributed by atoms with Gasteiger partial charge < -0.3 is 10.1 Å². The van der Waals surface area contributed by atoms with Crippen molar-refractivity contribution in [1.82, 2.24) is 9.97 Å². The summed E-state index contributed by atoms with van der Waals surface area (Å²) in [4.78, 5) is 7.84. The summed E-state index contributed by atoms with van der Waals surface area (Å²) in [6.07, 6.45) is 4.20. The van der Waals surface area contributed by atoms with Crippen LogP contribution in [0.2, 0.25) is 0 Å². The van der Waals surface area contributed by atoms with Crippen molar-refractivity contribution in [3.05, 3.63) is 24.3 Å².